The molecule has 1 aromatic heterocycles. The van der Waals surface area contributed by atoms with Gasteiger partial charge >= 0.3 is 12.0 Å². The van der Waals surface area contributed by atoms with Crippen molar-refractivity contribution in [1.82, 2.24) is 14.7 Å². The van der Waals surface area contributed by atoms with Crippen LogP contribution in [0.4, 0.5) is 10.5 Å². The fourth-order valence-electron chi connectivity index (χ4n) is 1.76. The molecule has 0 spiro atoms. The van der Waals surface area contributed by atoms with Gasteiger partial charge in [0.25, 0.3) is 0 Å². The molecule has 0 bridgehead atoms. The number of carboxylic acid groups (broad SMARTS) is 1. The average molecular weight is 270 g/mol. The van der Waals surface area contributed by atoms with E-state index in [-0.39, 0.29) is 0 Å². The van der Waals surface area contributed by atoms with E-state index >= 15 is 0 Å². The summed E-state index contributed by atoms with van der Waals surface area (Å²) in [5.41, 5.74) is 1.30. The van der Waals surface area contributed by atoms with Gasteiger partial charge in [0, 0.05) is 19.0 Å². The summed E-state index contributed by atoms with van der Waals surface area (Å²) in [6.45, 7) is 1.78. The molecule has 98 valence electrons. The number of hydrogen-bond acceptors (Lipinski definition) is 4. The van der Waals surface area contributed by atoms with Crippen molar-refractivity contribution in [1.29, 1.82) is 0 Å². The lowest BCUT2D eigenvalue weighted by Crippen LogP contribution is -2.44. The summed E-state index contributed by atoms with van der Waals surface area (Å²) in [5.74, 6) is -0.158. The maximum atomic E-state index is 12.0. The summed E-state index contributed by atoms with van der Waals surface area (Å²) >= 11 is 1.43. The number of aromatic nitrogens is 2. The SMILES string of the molecule is Cc1nn(C)cc1NC(=O)N1CSCC1C(=O)O. The van der Waals surface area contributed by atoms with Gasteiger partial charge in [-0.15, -0.1) is 11.8 Å². The number of aliphatic carboxylic acids is 1. The largest absolute Gasteiger partial charge is 0.480 e. The maximum Gasteiger partial charge on any atom is 0.327 e. The van der Waals surface area contributed by atoms with Gasteiger partial charge in [0.05, 0.1) is 17.3 Å². The van der Waals surface area contributed by atoms with Crippen LogP contribution in [0.5, 0.6) is 0 Å². The minimum atomic E-state index is -0.974. The van der Waals surface area contributed by atoms with Gasteiger partial charge in [-0.05, 0) is 6.92 Å². The highest BCUT2D eigenvalue weighted by Crippen LogP contribution is 2.22. The Morgan fingerprint density at radius 3 is 2.89 bits per heavy atom. The number of carbonyl (C=O) groups is 2. The molecule has 0 aromatic carbocycles. The first kappa shape index (κ1) is 12.7. The van der Waals surface area contributed by atoms with Crippen LogP contribution < -0.4 is 5.32 Å². The molecular formula is C10H14N4O3S. The van der Waals surface area contributed by atoms with Gasteiger partial charge < -0.3 is 15.3 Å². The van der Waals surface area contributed by atoms with Crippen LogP contribution in [-0.4, -0.2) is 49.5 Å². The Balaban J connectivity index is 2.08. The Bertz CT molecular complexity index is 487. The monoisotopic (exact) mass is 270 g/mol. The molecule has 2 rings (SSSR count). The van der Waals surface area contributed by atoms with E-state index in [0.29, 0.717) is 23.0 Å². The van der Waals surface area contributed by atoms with Gasteiger partial charge in [0.15, 0.2) is 0 Å². The highest BCUT2D eigenvalue weighted by atomic mass is 32.2. The van der Waals surface area contributed by atoms with Gasteiger partial charge in [0.1, 0.15) is 6.04 Å². The van der Waals surface area contributed by atoms with Crippen molar-refractivity contribution in [2.24, 2.45) is 7.05 Å². The molecule has 1 saturated heterocycles. The predicted octanol–water partition coefficient (Wildman–Crippen LogP) is 0.720. The number of anilines is 1. The van der Waals surface area contributed by atoms with Gasteiger partial charge in [-0.2, -0.15) is 5.10 Å². The lowest BCUT2D eigenvalue weighted by Gasteiger charge is -2.20. The number of rotatable bonds is 2. The number of nitrogens with zero attached hydrogens (tertiary/aromatic N) is 3. The Morgan fingerprint density at radius 1 is 1.61 bits per heavy atom. The summed E-state index contributed by atoms with van der Waals surface area (Å²) in [6.07, 6.45) is 1.69. The summed E-state index contributed by atoms with van der Waals surface area (Å²) in [6, 6.07) is -1.16. The van der Waals surface area contributed by atoms with Crippen LogP contribution in [-0.2, 0) is 11.8 Å². The molecule has 7 nitrogen and oxygen atoms in total. The van der Waals surface area contributed by atoms with Gasteiger partial charge in [-0.3, -0.25) is 4.68 Å². The topological polar surface area (TPSA) is 87.5 Å². The smallest absolute Gasteiger partial charge is 0.327 e. The summed E-state index contributed by atoms with van der Waals surface area (Å²) in [5, 5.41) is 15.8. The van der Waals surface area contributed by atoms with Gasteiger partial charge in [0.2, 0.25) is 0 Å². The minimum Gasteiger partial charge on any atom is -0.480 e. The molecule has 2 N–H and O–H groups in total. The van der Waals surface area contributed by atoms with Crippen LogP contribution in [0.15, 0.2) is 6.20 Å². The van der Waals surface area contributed by atoms with E-state index in [4.69, 9.17) is 5.11 Å². The molecule has 1 aliphatic heterocycles. The Kier molecular flexibility index (Phi) is 3.46. The second-order valence-corrected chi connectivity index (χ2v) is 5.06. The van der Waals surface area contributed by atoms with Crippen LogP contribution in [0.25, 0.3) is 0 Å². The molecule has 8 heteroatoms. The fourth-order valence-corrected chi connectivity index (χ4v) is 2.90. The van der Waals surface area contributed by atoms with E-state index in [2.05, 4.69) is 10.4 Å². The maximum absolute atomic E-state index is 12.0. The van der Waals surface area contributed by atoms with Gasteiger partial charge in [-0.1, -0.05) is 0 Å². The number of carboxylic acids is 1. The normalized spacial score (nSPS) is 19.0. The Morgan fingerprint density at radius 2 is 2.33 bits per heavy atom. The predicted molar refractivity (Wildman–Crippen MR) is 67.6 cm³/mol. The molecule has 1 aliphatic rings. The zero-order valence-electron chi connectivity index (χ0n) is 10.1. The number of carbonyl (C=O) groups excluding carboxylic acids is 1. The highest BCUT2D eigenvalue weighted by Gasteiger charge is 2.34. The number of hydrogen-bond donors (Lipinski definition) is 2. The molecule has 0 saturated carbocycles. The Labute approximate surface area is 108 Å². The van der Waals surface area contributed by atoms with Crippen LogP contribution in [0.3, 0.4) is 0 Å². The highest BCUT2D eigenvalue weighted by molar-refractivity contribution is 7.99. The molecule has 2 amide bonds. The van der Waals surface area contributed by atoms with Crippen LogP contribution in [0.2, 0.25) is 0 Å². The van der Waals surface area contributed by atoms with Crippen molar-refractivity contribution < 1.29 is 14.7 Å². The second kappa shape index (κ2) is 4.89. The van der Waals surface area contributed by atoms with Crippen molar-refractivity contribution in [3.63, 3.8) is 0 Å². The first-order valence-electron chi connectivity index (χ1n) is 5.37. The summed E-state index contributed by atoms with van der Waals surface area (Å²) in [4.78, 5) is 24.3. The minimum absolute atomic E-state index is 0.391. The zero-order chi connectivity index (χ0) is 13.3. The molecule has 1 aromatic rings. The lowest BCUT2D eigenvalue weighted by atomic mass is 10.3. The molecule has 2 heterocycles. The van der Waals surface area contributed by atoms with Crippen molar-refractivity contribution in [3.8, 4) is 0 Å². The number of aryl methyl sites for hydroxylation is 2. The zero-order valence-corrected chi connectivity index (χ0v) is 10.9. The van der Waals surface area contributed by atoms with E-state index < -0.39 is 18.0 Å². The number of amides is 2. The standard InChI is InChI=1S/C10H14N4O3S/c1-6-7(3-13(2)12-6)11-10(17)14-5-18-4-8(14)9(15)16/h3,8H,4-5H2,1-2H3,(H,11,17)(H,15,16). The van der Waals surface area contributed by atoms with E-state index in [0.717, 1.165) is 0 Å². The van der Waals surface area contributed by atoms with Crippen LogP contribution in [0, 0.1) is 6.92 Å². The average Bonchev–Trinajstić information content (AvgIpc) is 2.86. The molecule has 0 aliphatic carbocycles. The number of nitrogens with one attached hydrogen (secondary N) is 1. The summed E-state index contributed by atoms with van der Waals surface area (Å²) < 4.78 is 1.60. The molecule has 18 heavy (non-hydrogen) atoms. The van der Waals surface area contributed by atoms with E-state index in [1.54, 1.807) is 24.9 Å². The quantitative estimate of drug-likeness (QED) is 0.826. The first-order valence-corrected chi connectivity index (χ1v) is 6.53. The molecule has 1 unspecified atom stereocenters. The van der Waals surface area contributed by atoms with Crippen molar-refractivity contribution >= 4 is 29.4 Å². The third-order valence-corrected chi connectivity index (χ3v) is 3.70. The van der Waals surface area contributed by atoms with Crippen molar-refractivity contribution in [2.75, 3.05) is 16.9 Å². The van der Waals surface area contributed by atoms with Gasteiger partial charge in [-0.25, -0.2) is 9.59 Å². The Hall–Kier alpha value is -1.70. The third-order valence-electron chi connectivity index (χ3n) is 2.68. The summed E-state index contributed by atoms with van der Waals surface area (Å²) in [7, 11) is 1.76. The van der Waals surface area contributed by atoms with Crippen molar-refractivity contribution in [3.05, 3.63) is 11.9 Å². The van der Waals surface area contributed by atoms with Crippen LogP contribution >= 0.6 is 11.8 Å². The van der Waals surface area contributed by atoms with E-state index in [1.807, 2.05) is 0 Å². The van der Waals surface area contributed by atoms with Crippen molar-refractivity contribution in [2.45, 2.75) is 13.0 Å². The fraction of sp³-hybridized carbons (Fsp3) is 0.500. The van der Waals surface area contributed by atoms with Crippen LogP contribution in [0.1, 0.15) is 5.69 Å². The second-order valence-electron chi connectivity index (χ2n) is 4.06. The third kappa shape index (κ3) is 2.42. The molecule has 0 radical (unpaired) electrons. The lowest BCUT2D eigenvalue weighted by molar-refractivity contribution is -0.140. The number of urea groups is 1. The van der Waals surface area contributed by atoms with E-state index in [1.165, 1.54) is 16.7 Å². The number of thioether (sulfide) groups is 1. The van der Waals surface area contributed by atoms with E-state index in [9.17, 15) is 9.59 Å². The first-order chi connectivity index (χ1) is 8.49. The molecular weight excluding hydrogens is 256 g/mol. The molecule has 1 fully saturated rings. The molecule has 1 atom stereocenters.